The van der Waals surface area contributed by atoms with E-state index in [0.717, 1.165) is 5.39 Å². The molecule has 1 aromatic carbocycles. The number of halogens is 3. The van der Waals surface area contributed by atoms with Gasteiger partial charge in [0.1, 0.15) is 0 Å². The van der Waals surface area contributed by atoms with Gasteiger partial charge in [-0.2, -0.15) is 13.2 Å². The van der Waals surface area contributed by atoms with Crippen molar-refractivity contribution in [1.29, 1.82) is 0 Å². The Hall–Kier alpha value is -1.62. The summed E-state index contributed by atoms with van der Waals surface area (Å²) in [4.78, 5) is 4.07. The molecule has 0 fully saturated rings. The van der Waals surface area contributed by atoms with Crippen LogP contribution in [0.25, 0.3) is 10.9 Å². The lowest BCUT2D eigenvalue weighted by Crippen LogP contribution is -2.30. The van der Waals surface area contributed by atoms with E-state index in [-0.39, 0.29) is 5.69 Å². The molecule has 0 aliphatic carbocycles. The number of fused-ring (bicyclic) bond motifs is 1. The fraction of sp³-hybridized carbons (Fsp3) is 0.250. The van der Waals surface area contributed by atoms with E-state index in [9.17, 15) is 13.2 Å². The van der Waals surface area contributed by atoms with E-state index in [1.165, 1.54) is 6.07 Å². The summed E-state index contributed by atoms with van der Waals surface area (Å²) in [6.45, 7) is 0. The molecule has 0 saturated heterocycles. The third kappa shape index (κ3) is 2.74. The fourth-order valence-corrected chi connectivity index (χ4v) is 1.54. The minimum atomic E-state index is -4.60. The number of hydrogen-bond acceptors (Lipinski definition) is 2. The Labute approximate surface area is 95.7 Å². The van der Waals surface area contributed by atoms with Crippen molar-refractivity contribution in [3.8, 4) is 0 Å². The Bertz CT molecular complexity index is 524. The SMILES string of the molecule is OC(Cc1ccc2ccccc2n1)C(F)(F)F. The Morgan fingerprint density at radius 1 is 1.12 bits per heavy atom. The number of alkyl halides is 3. The van der Waals surface area contributed by atoms with Gasteiger partial charge >= 0.3 is 6.18 Å². The van der Waals surface area contributed by atoms with Crippen LogP contribution in [-0.2, 0) is 6.42 Å². The van der Waals surface area contributed by atoms with Crippen LogP contribution in [0, 0.1) is 0 Å². The van der Waals surface area contributed by atoms with Crippen molar-refractivity contribution in [2.75, 3.05) is 0 Å². The van der Waals surface area contributed by atoms with Crippen molar-refractivity contribution < 1.29 is 18.3 Å². The van der Waals surface area contributed by atoms with Crippen LogP contribution in [0.1, 0.15) is 5.69 Å². The topological polar surface area (TPSA) is 33.1 Å². The molecule has 2 nitrogen and oxygen atoms in total. The Kier molecular flexibility index (Phi) is 3.02. The van der Waals surface area contributed by atoms with Gasteiger partial charge in [-0.3, -0.25) is 4.98 Å². The summed E-state index contributed by atoms with van der Waals surface area (Å²) in [6.07, 6.45) is -7.49. The van der Waals surface area contributed by atoms with Crippen LogP contribution in [0.15, 0.2) is 36.4 Å². The van der Waals surface area contributed by atoms with Crippen LogP contribution in [0.3, 0.4) is 0 Å². The van der Waals surface area contributed by atoms with E-state index in [4.69, 9.17) is 5.11 Å². The Morgan fingerprint density at radius 2 is 1.82 bits per heavy atom. The molecule has 5 heteroatoms. The molecule has 2 rings (SSSR count). The highest BCUT2D eigenvalue weighted by Crippen LogP contribution is 2.23. The molecule has 1 heterocycles. The molecular weight excluding hydrogens is 231 g/mol. The highest BCUT2D eigenvalue weighted by molar-refractivity contribution is 5.78. The molecule has 1 unspecified atom stereocenters. The number of aromatic nitrogens is 1. The standard InChI is InChI=1S/C12H10F3NO/c13-12(14,15)11(17)7-9-6-5-8-3-1-2-4-10(8)16-9/h1-6,11,17H,7H2. The molecule has 0 aliphatic heterocycles. The lowest BCUT2D eigenvalue weighted by Gasteiger charge is -2.13. The van der Waals surface area contributed by atoms with E-state index in [2.05, 4.69) is 4.98 Å². The maximum atomic E-state index is 12.2. The van der Waals surface area contributed by atoms with Gasteiger partial charge in [0.05, 0.1) is 5.52 Å². The molecule has 0 bridgehead atoms. The second-order valence-corrected chi connectivity index (χ2v) is 3.76. The molecule has 1 aromatic heterocycles. The summed E-state index contributed by atoms with van der Waals surface area (Å²) in [5, 5.41) is 9.81. The second-order valence-electron chi connectivity index (χ2n) is 3.76. The number of aliphatic hydroxyl groups excluding tert-OH is 1. The quantitative estimate of drug-likeness (QED) is 0.876. The third-order valence-electron chi connectivity index (χ3n) is 2.44. The van der Waals surface area contributed by atoms with Crippen LogP contribution in [0.4, 0.5) is 13.2 Å². The van der Waals surface area contributed by atoms with Gasteiger partial charge in [-0.1, -0.05) is 24.3 Å². The maximum Gasteiger partial charge on any atom is 0.414 e. The molecule has 2 aromatic rings. The largest absolute Gasteiger partial charge is 0.414 e. The van der Waals surface area contributed by atoms with Gasteiger partial charge in [-0.15, -0.1) is 0 Å². The van der Waals surface area contributed by atoms with Crippen molar-refractivity contribution >= 4 is 10.9 Å². The molecule has 1 N–H and O–H groups in total. The monoisotopic (exact) mass is 241 g/mol. The predicted octanol–water partition coefficient (Wildman–Crippen LogP) is 2.70. The molecule has 17 heavy (non-hydrogen) atoms. The van der Waals surface area contributed by atoms with Gasteiger partial charge < -0.3 is 5.11 Å². The lowest BCUT2D eigenvalue weighted by molar-refractivity contribution is -0.203. The number of rotatable bonds is 2. The average molecular weight is 241 g/mol. The first-order valence-corrected chi connectivity index (χ1v) is 5.06. The number of hydrogen-bond donors (Lipinski definition) is 1. The zero-order valence-electron chi connectivity index (χ0n) is 8.78. The number of benzene rings is 1. The predicted molar refractivity (Wildman–Crippen MR) is 57.5 cm³/mol. The molecule has 1 atom stereocenters. The normalized spacial score (nSPS) is 13.9. The third-order valence-corrected chi connectivity index (χ3v) is 2.44. The fourth-order valence-electron chi connectivity index (χ4n) is 1.54. The van der Waals surface area contributed by atoms with Crippen LogP contribution >= 0.6 is 0 Å². The minimum absolute atomic E-state index is 0.230. The summed E-state index contributed by atoms with van der Waals surface area (Å²) in [6, 6.07) is 10.3. The Morgan fingerprint density at radius 3 is 2.53 bits per heavy atom. The van der Waals surface area contributed by atoms with Gasteiger partial charge in [0.25, 0.3) is 0 Å². The van der Waals surface area contributed by atoms with Crippen molar-refractivity contribution in [2.45, 2.75) is 18.7 Å². The van der Waals surface area contributed by atoms with Gasteiger partial charge in [-0.25, -0.2) is 0 Å². The summed E-state index contributed by atoms with van der Waals surface area (Å²) in [5.41, 5.74) is 0.855. The maximum absolute atomic E-state index is 12.2. The van der Waals surface area contributed by atoms with Crippen molar-refractivity contribution in [1.82, 2.24) is 4.98 Å². The smallest absolute Gasteiger partial charge is 0.383 e. The Balaban J connectivity index is 2.25. The minimum Gasteiger partial charge on any atom is -0.383 e. The lowest BCUT2D eigenvalue weighted by atomic mass is 10.1. The summed E-state index contributed by atoms with van der Waals surface area (Å²) >= 11 is 0. The molecule has 0 spiro atoms. The number of aliphatic hydroxyl groups is 1. The molecular formula is C12H10F3NO. The highest BCUT2D eigenvalue weighted by Gasteiger charge is 2.38. The van der Waals surface area contributed by atoms with Crippen LogP contribution in [0.5, 0.6) is 0 Å². The first kappa shape index (κ1) is 11.9. The van der Waals surface area contributed by atoms with E-state index in [1.807, 2.05) is 12.1 Å². The van der Waals surface area contributed by atoms with E-state index < -0.39 is 18.7 Å². The number of pyridine rings is 1. The van der Waals surface area contributed by atoms with Gasteiger partial charge in [0, 0.05) is 17.5 Å². The first-order chi connectivity index (χ1) is 7.97. The molecule has 0 saturated carbocycles. The molecule has 0 radical (unpaired) electrons. The highest BCUT2D eigenvalue weighted by atomic mass is 19.4. The van der Waals surface area contributed by atoms with Crippen molar-refractivity contribution in [3.05, 3.63) is 42.1 Å². The van der Waals surface area contributed by atoms with Crippen molar-refractivity contribution in [2.24, 2.45) is 0 Å². The van der Waals surface area contributed by atoms with Gasteiger partial charge in [0.2, 0.25) is 0 Å². The molecule has 0 aliphatic rings. The molecule has 90 valence electrons. The zero-order chi connectivity index (χ0) is 12.5. The second kappa shape index (κ2) is 4.33. The van der Waals surface area contributed by atoms with Gasteiger partial charge in [0.15, 0.2) is 6.10 Å². The van der Waals surface area contributed by atoms with Crippen LogP contribution in [0.2, 0.25) is 0 Å². The van der Waals surface area contributed by atoms with E-state index in [1.54, 1.807) is 18.2 Å². The van der Waals surface area contributed by atoms with Crippen LogP contribution < -0.4 is 0 Å². The molecule has 0 amide bonds. The van der Waals surface area contributed by atoms with Crippen molar-refractivity contribution in [3.63, 3.8) is 0 Å². The van der Waals surface area contributed by atoms with Crippen LogP contribution in [-0.4, -0.2) is 22.4 Å². The summed E-state index contributed by atoms with van der Waals surface area (Å²) in [5.74, 6) is 0. The van der Waals surface area contributed by atoms with E-state index in [0.29, 0.717) is 5.52 Å². The van der Waals surface area contributed by atoms with Gasteiger partial charge in [-0.05, 0) is 12.1 Å². The summed E-state index contributed by atoms with van der Waals surface area (Å²) < 4.78 is 36.5. The first-order valence-electron chi connectivity index (χ1n) is 5.06. The average Bonchev–Trinajstić information content (AvgIpc) is 2.27. The number of para-hydroxylation sites is 1. The van der Waals surface area contributed by atoms with E-state index >= 15 is 0 Å². The number of nitrogens with zero attached hydrogens (tertiary/aromatic N) is 1. The zero-order valence-corrected chi connectivity index (χ0v) is 8.78. The summed E-state index contributed by atoms with van der Waals surface area (Å²) in [7, 11) is 0.